The summed E-state index contributed by atoms with van der Waals surface area (Å²) in [5, 5.41) is 12.2. The van der Waals surface area contributed by atoms with E-state index < -0.39 is 10.9 Å². The summed E-state index contributed by atoms with van der Waals surface area (Å²) in [6.45, 7) is 1.72. The first-order valence-corrected chi connectivity index (χ1v) is 6.23. The van der Waals surface area contributed by atoms with Gasteiger partial charge in [0.25, 0.3) is 5.69 Å². The van der Waals surface area contributed by atoms with E-state index in [2.05, 4.69) is 4.37 Å². The Kier molecular flexibility index (Phi) is 3.86. The van der Waals surface area contributed by atoms with Crippen LogP contribution in [0.3, 0.4) is 0 Å². The van der Waals surface area contributed by atoms with Crippen molar-refractivity contribution in [3.05, 3.63) is 56.6 Å². The number of nitro groups is 1. The number of esters is 1. The van der Waals surface area contributed by atoms with E-state index in [1.807, 2.05) is 0 Å². The van der Waals surface area contributed by atoms with Gasteiger partial charge in [0, 0.05) is 17.5 Å². The number of carbonyl (C=O) groups excluding carboxylic acids is 1. The van der Waals surface area contributed by atoms with Crippen LogP contribution in [0.1, 0.15) is 21.6 Å². The van der Waals surface area contributed by atoms with Gasteiger partial charge in [-0.2, -0.15) is 4.37 Å². The summed E-state index contributed by atoms with van der Waals surface area (Å²) in [4.78, 5) is 21.9. The van der Waals surface area contributed by atoms with E-state index in [9.17, 15) is 14.9 Å². The fourth-order valence-electron chi connectivity index (χ4n) is 1.47. The van der Waals surface area contributed by atoms with Crippen molar-refractivity contribution in [2.24, 2.45) is 0 Å². The minimum atomic E-state index is -0.488. The third-order valence-corrected chi connectivity index (χ3v) is 3.18. The highest BCUT2D eigenvalue weighted by atomic mass is 32.1. The standard InChI is InChI=1S/C12H10N2O4S/c1-8-11(7-19-13-8)12(15)18-6-9-3-2-4-10(5-9)14(16)17/h2-5,7H,6H2,1H3. The predicted octanol–water partition coefficient (Wildman–Crippen LogP) is 2.72. The summed E-state index contributed by atoms with van der Waals surface area (Å²) in [6, 6.07) is 5.99. The zero-order chi connectivity index (χ0) is 13.8. The largest absolute Gasteiger partial charge is 0.457 e. The fraction of sp³-hybridized carbons (Fsp3) is 0.167. The van der Waals surface area contributed by atoms with Crippen LogP contribution in [0.25, 0.3) is 0 Å². The first-order chi connectivity index (χ1) is 9.08. The Bertz CT molecular complexity index is 624. The molecule has 0 atom stereocenters. The molecule has 0 saturated carbocycles. The van der Waals surface area contributed by atoms with Crippen LogP contribution in [-0.4, -0.2) is 15.3 Å². The Morgan fingerprint density at radius 3 is 2.95 bits per heavy atom. The molecule has 0 aliphatic carbocycles. The Hall–Kier alpha value is -2.28. The molecule has 2 aromatic rings. The molecule has 2 rings (SSSR count). The van der Waals surface area contributed by atoms with Gasteiger partial charge in [-0.25, -0.2) is 4.79 Å². The Morgan fingerprint density at radius 2 is 2.32 bits per heavy atom. The minimum Gasteiger partial charge on any atom is -0.457 e. The van der Waals surface area contributed by atoms with Gasteiger partial charge in [-0.05, 0) is 24.0 Å². The molecule has 19 heavy (non-hydrogen) atoms. The average molecular weight is 278 g/mol. The third-order valence-electron chi connectivity index (χ3n) is 2.46. The van der Waals surface area contributed by atoms with Crippen LogP contribution >= 0.6 is 11.5 Å². The van der Waals surface area contributed by atoms with Crippen molar-refractivity contribution in [2.45, 2.75) is 13.5 Å². The molecule has 0 aliphatic rings. The zero-order valence-electron chi connectivity index (χ0n) is 10.0. The first kappa shape index (κ1) is 13.2. The first-order valence-electron chi connectivity index (χ1n) is 5.39. The average Bonchev–Trinajstić information content (AvgIpc) is 2.82. The lowest BCUT2D eigenvalue weighted by molar-refractivity contribution is -0.384. The molecule has 0 unspecified atom stereocenters. The van der Waals surface area contributed by atoms with Gasteiger partial charge < -0.3 is 4.74 Å². The van der Waals surface area contributed by atoms with Crippen molar-refractivity contribution in [1.82, 2.24) is 4.37 Å². The number of carbonyl (C=O) groups is 1. The van der Waals surface area contributed by atoms with E-state index in [1.54, 1.807) is 24.4 Å². The van der Waals surface area contributed by atoms with E-state index in [0.717, 1.165) is 0 Å². The number of rotatable bonds is 4. The lowest BCUT2D eigenvalue weighted by atomic mass is 10.2. The zero-order valence-corrected chi connectivity index (χ0v) is 10.8. The van der Waals surface area contributed by atoms with Crippen LogP contribution in [0.15, 0.2) is 29.6 Å². The Balaban J connectivity index is 2.03. The van der Waals surface area contributed by atoms with Crippen molar-refractivity contribution >= 4 is 23.2 Å². The van der Waals surface area contributed by atoms with E-state index in [-0.39, 0.29) is 12.3 Å². The normalized spacial score (nSPS) is 10.2. The van der Waals surface area contributed by atoms with Crippen molar-refractivity contribution in [2.75, 3.05) is 0 Å². The topological polar surface area (TPSA) is 82.3 Å². The highest BCUT2D eigenvalue weighted by Crippen LogP contribution is 2.15. The molecule has 0 N–H and O–H groups in total. The van der Waals surface area contributed by atoms with Crippen molar-refractivity contribution in [1.29, 1.82) is 0 Å². The number of hydrogen-bond acceptors (Lipinski definition) is 6. The third kappa shape index (κ3) is 3.14. The molecule has 0 aliphatic heterocycles. The second-order valence-corrected chi connectivity index (χ2v) is 4.45. The van der Waals surface area contributed by atoms with Crippen LogP contribution in [0.5, 0.6) is 0 Å². The quantitative estimate of drug-likeness (QED) is 0.488. The van der Waals surface area contributed by atoms with E-state index >= 15 is 0 Å². The summed E-state index contributed by atoms with van der Waals surface area (Å²) in [7, 11) is 0. The summed E-state index contributed by atoms with van der Waals surface area (Å²) in [5.41, 5.74) is 1.59. The molecule has 0 radical (unpaired) electrons. The van der Waals surface area contributed by atoms with Crippen LogP contribution < -0.4 is 0 Å². The number of benzene rings is 1. The number of ether oxygens (including phenoxy) is 1. The summed E-state index contributed by atoms with van der Waals surface area (Å²) >= 11 is 1.18. The van der Waals surface area contributed by atoms with Crippen LogP contribution in [0, 0.1) is 17.0 Å². The fourth-order valence-corrected chi connectivity index (χ4v) is 2.16. The molecular weight excluding hydrogens is 268 g/mol. The monoisotopic (exact) mass is 278 g/mol. The van der Waals surface area contributed by atoms with Gasteiger partial charge in [-0.1, -0.05) is 12.1 Å². The van der Waals surface area contributed by atoms with Gasteiger partial charge >= 0.3 is 5.97 Å². The second kappa shape index (κ2) is 5.57. The van der Waals surface area contributed by atoms with Gasteiger partial charge in [-0.3, -0.25) is 10.1 Å². The summed E-state index contributed by atoms with van der Waals surface area (Å²) in [6.07, 6.45) is 0. The molecule has 1 heterocycles. The number of nitro benzene ring substituents is 1. The molecule has 0 bridgehead atoms. The Morgan fingerprint density at radius 1 is 1.53 bits per heavy atom. The van der Waals surface area contributed by atoms with Crippen LogP contribution in [0.4, 0.5) is 5.69 Å². The van der Waals surface area contributed by atoms with Gasteiger partial charge in [0.15, 0.2) is 0 Å². The second-order valence-electron chi connectivity index (χ2n) is 3.82. The minimum absolute atomic E-state index is 0.00417. The molecule has 1 aromatic heterocycles. The number of aromatic nitrogens is 1. The molecule has 0 spiro atoms. The molecule has 98 valence electrons. The molecule has 0 amide bonds. The lowest BCUT2D eigenvalue weighted by Gasteiger charge is -2.04. The maximum absolute atomic E-state index is 11.7. The molecule has 6 nitrogen and oxygen atoms in total. The number of non-ortho nitro benzene ring substituents is 1. The molecular formula is C12H10N2O4S. The molecule has 0 saturated heterocycles. The molecule has 1 aromatic carbocycles. The van der Waals surface area contributed by atoms with E-state index in [0.29, 0.717) is 16.8 Å². The van der Waals surface area contributed by atoms with Gasteiger partial charge in [0.1, 0.15) is 6.61 Å². The highest BCUT2D eigenvalue weighted by molar-refractivity contribution is 7.03. The van der Waals surface area contributed by atoms with Crippen molar-refractivity contribution < 1.29 is 14.5 Å². The lowest BCUT2D eigenvalue weighted by Crippen LogP contribution is -2.05. The maximum atomic E-state index is 11.7. The van der Waals surface area contributed by atoms with E-state index in [4.69, 9.17) is 4.74 Å². The summed E-state index contributed by atoms with van der Waals surface area (Å²) in [5.74, 6) is -0.474. The summed E-state index contributed by atoms with van der Waals surface area (Å²) < 4.78 is 9.07. The molecule has 7 heteroatoms. The smallest absolute Gasteiger partial charge is 0.341 e. The van der Waals surface area contributed by atoms with Gasteiger partial charge in [0.2, 0.25) is 0 Å². The number of hydrogen-bond donors (Lipinski definition) is 0. The van der Waals surface area contributed by atoms with Crippen molar-refractivity contribution in [3.63, 3.8) is 0 Å². The van der Waals surface area contributed by atoms with Gasteiger partial charge in [0.05, 0.1) is 16.2 Å². The SMILES string of the molecule is Cc1nscc1C(=O)OCc1cccc([N+](=O)[O-])c1. The van der Waals surface area contributed by atoms with Crippen LogP contribution in [-0.2, 0) is 11.3 Å². The van der Waals surface area contributed by atoms with E-state index in [1.165, 1.54) is 23.7 Å². The maximum Gasteiger partial charge on any atom is 0.341 e. The Labute approximate surface area is 113 Å². The van der Waals surface area contributed by atoms with Crippen molar-refractivity contribution in [3.8, 4) is 0 Å². The van der Waals surface area contributed by atoms with Gasteiger partial charge in [-0.15, -0.1) is 0 Å². The number of nitrogens with zero attached hydrogens (tertiary/aromatic N) is 2. The molecule has 0 fully saturated rings. The highest BCUT2D eigenvalue weighted by Gasteiger charge is 2.13. The van der Waals surface area contributed by atoms with Crippen LogP contribution in [0.2, 0.25) is 0 Å². The predicted molar refractivity (Wildman–Crippen MR) is 69.1 cm³/mol. The number of aryl methyl sites for hydroxylation is 1.